The van der Waals surface area contributed by atoms with E-state index in [0.717, 1.165) is 22.6 Å². The van der Waals surface area contributed by atoms with Crippen molar-refractivity contribution in [3.8, 4) is 11.5 Å². The molecule has 0 saturated heterocycles. The minimum Gasteiger partial charge on any atom is -0.496 e. The maximum Gasteiger partial charge on any atom is 0.124 e. The zero-order valence-corrected chi connectivity index (χ0v) is 9.79. The largest absolute Gasteiger partial charge is 0.496 e. The number of hydrogen-bond acceptors (Lipinski definition) is 3. The van der Waals surface area contributed by atoms with Gasteiger partial charge in [-0.05, 0) is 31.5 Å². The minimum absolute atomic E-state index is 0.552. The number of hydrogen-bond donors (Lipinski definition) is 0. The molecule has 0 amide bonds. The minimum atomic E-state index is 0.552. The summed E-state index contributed by atoms with van der Waals surface area (Å²) >= 11 is 0. The molecule has 0 fully saturated rings. The third kappa shape index (κ3) is 2.86. The van der Waals surface area contributed by atoms with E-state index in [1.807, 2.05) is 26.0 Å². The van der Waals surface area contributed by atoms with E-state index in [4.69, 9.17) is 14.2 Å². The fraction of sp³-hybridized carbons (Fsp3) is 0.500. The van der Waals surface area contributed by atoms with Crippen LogP contribution >= 0.6 is 0 Å². The van der Waals surface area contributed by atoms with E-state index in [9.17, 15) is 0 Å². The number of rotatable bonds is 5. The van der Waals surface area contributed by atoms with Gasteiger partial charge in [0.05, 0.1) is 20.8 Å². The maximum atomic E-state index is 5.37. The van der Waals surface area contributed by atoms with Crippen LogP contribution in [0.3, 0.4) is 0 Å². The Hall–Kier alpha value is -1.22. The topological polar surface area (TPSA) is 27.7 Å². The normalized spacial score (nSPS) is 10.1. The van der Waals surface area contributed by atoms with Crippen LogP contribution in [0, 0.1) is 6.92 Å². The molecule has 3 heteroatoms. The van der Waals surface area contributed by atoms with Crippen LogP contribution in [-0.4, -0.2) is 20.8 Å². The highest BCUT2D eigenvalue weighted by Crippen LogP contribution is 2.28. The van der Waals surface area contributed by atoms with Crippen LogP contribution in [0.1, 0.15) is 18.1 Å². The number of benzene rings is 1. The van der Waals surface area contributed by atoms with Crippen molar-refractivity contribution in [1.29, 1.82) is 0 Å². The zero-order valence-electron chi connectivity index (χ0n) is 9.79. The first-order chi connectivity index (χ1) is 7.22. The summed E-state index contributed by atoms with van der Waals surface area (Å²) in [7, 11) is 3.33. The molecule has 0 unspecified atom stereocenters. The van der Waals surface area contributed by atoms with Gasteiger partial charge in [0.1, 0.15) is 11.5 Å². The summed E-state index contributed by atoms with van der Waals surface area (Å²) < 4.78 is 15.9. The van der Waals surface area contributed by atoms with Gasteiger partial charge in [0.15, 0.2) is 0 Å². The molecule has 1 aromatic rings. The zero-order chi connectivity index (χ0) is 11.3. The van der Waals surface area contributed by atoms with Gasteiger partial charge in [-0.2, -0.15) is 0 Å². The lowest BCUT2D eigenvalue weighted by Crippen LogP contribution is -1.98. The van der Waals surface area contributed by atoms with Crippen LogP contribution in [0.2, 0.25) is 0 Å². The van der Waals surface area contributed by atoms with Gasteiger partial charge in [-0.3, -0.25) is 0 Å². The third-order valence-electron chi connectivity index (χ3n) is 2.26. The van der Waals surface area contributed by atoms with Gasteiger partial charge in [0.2, 0.25) is 0 Å². The van der Waals surface area contributed by atoms with Gasteiger partial charge >= 0.3 is 0 Å². The van der Waals surface area contributed by atoms with Crippen molar-refractivity contribution in [1.82, 2.24) is 0 Å². The first-order valence-electron chi connectivity index (χ1n) is 5.02. The van der Waals surface area contributed by atoms with Crippen molar-refractivity contribution in [3.63, 3.8) is 0 Å². The van der Waals surface area contributed by atoms with Crippen molar-refractivity contribution in [3.05, 3.63) is 23.3 Å². The summed E-state index contributed by atoms with van der Waals surface area (Å²) in [5, 5.41) is 0. The standard InChI is InChI=1S/C12H18O3/c1-5-15-8-10-7-11(13-3)9(2)6-12(10)14-4/h6-7H,5,8H2,1-4H3. The first kappa shape index (κ1) is 11.9. The molecule has 0 aliphatic heterocycles. The predicted octanol–water partition coefficient (Wildman–Crippen LogP) is 2.55. The SMILES string of the molecule is CCOCc1cc(OC)c(C)cc1OC. The Morgan fingerprint density at radius 1 is 1.07 bits per heavy atom. The molecule has 0 atom stereocenters. The highest BCUT2D eigenvalue weighted by molar-refractivity contribution is 5.45. The monoisotopic (exact) mass is 210 g/mol. The Balaban J connectivity index is 2.99. The van der Waals surface area contributed by atoms with E-state index in [2.05, 4.69) is 0 Å². The molecule has 0 saturated carbocycles. The summed E-state index contributed by atoms with van der Waals surface area (Å²) in [6, 6.07) is 3.93. The van der Waals surface area contributed by atoms with Gasteiger partial charge in [-0.25, -0.2) is 0 Å². The van der Waals surface area contributed by atoms with Gasteiger partial charge < -0.3 is 14.2 Å². The lowest BCUT2D eigenvalue weighted by Gasteiger charge is -2.12. The molecule has 15 heavy (non-hydrogen) atoms. The molecule has 3 nitrogen and oxygen atoms in total. The second-order valence-electron chi connectivity index (χ2n) is 3.27. The molecule has 0 bridgehead atoms. The maximum absolute atomic E-state index is 5.37. The van der Waals surface area contributed by atoms with Crippen molar-refractivity contribution < 1.29 is 14.2 Å². The molecule has 0 aromatic heterocycles. The second-order valence-corrected chi connectivity index (χ2v) is 3.27. The van der Waals surface area contributed by atoms with E-state index in [1.165, 1.54) is 0 Å². The van der Waals surface area contributed by atoms with Gasteiger partial charge in [0.25, 0.3) is 0 Å². The van der Waals surface area contributed by atoms with Crippen LogP contribution in [0.5, 0.6) is 11.5 Å². The van der Waals surface area contributed by atoms with Gasteiger partial charge in [-0.15, -0.1) is 0 Å². The number of methoxy groups -OCH3 is 2. The summed E-state index contributed by atoms with van der Waals surface area (Å²) in [5.74, 6) is 1.72. The van der Waals surface area contributed by atoms with Crippen molar-refractivity contribution in [2.24, 2.45) is 0 Å². The Kier molecular flexibility index (Phi) is 4.43. The van der Waals surface area contributed by atoms with E-state index in [-0.39, 0.29) is 0 Å². The van der Waals surface area contributed by atoms with Crippen LogP contribution in [0.15, 0.2) is 12.1 Å². The molecule has 0 aliphatic rings. The summed E-state index contributed by atoms with van der Waals surface area (Å²) in [6.07, 6.45) is 0. The lowest BCUT2D eigenvalue weighted by molar-refractivity contribution is 0.131. The van der Waals surface area contributed by atoms with Crippen molar-refractivity contribution in [2.75, 3.05) is 20.8 Å². The Morgan fingerprint density at radius 3 is 2.27 bits per heavy atom. The smallest absolute Gasteiger partial charge is 0.124 e. The quantitative estimate of drug-likeness (QED) is 0.747. The fourth-order valence-electron chi connectivity index (χ4n) is 1.44. The molecule has 0 heterocycles. The van der Waals surface area contributed by atoms with Crippen molar-refractivity contribution >= 4 is 0 Å². The predicted molar refractivity (Wildman–Crippen MR) is 59.6 cm³/mol. The molecule has 0 spiro atoms. The average Bonchev–Trinajstić information content (AvgIpc) is 2.26. The highest BCUT2D eigenvalue weighted by atomic mass is 16.5. The third-order valence-corrected chi connectivity index (χ3v) is 2.26. The Morgan fingerprint density at radius 2 is 1.73 bits per heavy atom. The Labute approximate surface area is 91.0 Å². The van der Waals surface area contributed by atoms with Crippen LogP contribution < -0.4 is 9.47 Å². The van der Waals surface area contributed by atoms with Crippen LogP contribution in [0.25, 0.3) is 0 Å². The molecular formula is C12H18O3. The van der Waals surface area contributed by atoms with Gasteiger partial charge in [-0.1, -0.05) is 0 Å². The highest BCUT2D eigenvalue weighted by Gasteiger charge is 2.08. The summed E-state index contributed by atoms with van der Waals surface area (Å²) in [5.41, 5.74) is 2.08. The summed E-state index contributed by atoms with van der Waals surface area (Å²) in [6.45, 7) is 5.21. The Bertz CT molecular complexity index is 321. The molecule has 84 valence electrons. The van der Waals surface area contributed by atoms with Gasteiger partial charge in [0, 0.05) is 12.2 Å². The van der Waals surface area contributed by atoms with Crippen LogP contribution in [-0.2, 0) is 11.3 Å². The number of aryl methyl sites for hydroxylation is 1. The molecular weight excluding hydrogens is 192 g/mol. The van der Waals surface area contributed by atoms with Crippen molar-refractivity contribution in [2.45, 2.75) is 20.5 Å². The van der Waals surface area contributed by atoms with E-state index < -0.39 is 0 Å². The first-order valence-corrected chi connectivity index (χ1v) is 5.02. The van der Waals surface area contributed by atoms with E-state index in [1.54, 1.807) is 14.2 Å². The van der Waals surface area contributed by atoms with E-state index >= 15 is 0 Å². The molecule has 1 rings (SSSR count). The second kappa shape index (κ2) is 5.61. The van der Waals surface area contributed by atoms with Crippen LogP contribution in [0.4, 0.5) is 0 Å². The number of ether oxygens (including phenoxy) is 3. The fourth-order valence-corrected chi connectivity index (χ4v) is 1.44. The molecule has 0 radical (unpaired) electrons. The summed E-state index contributed by atoms with van der Waals surface area (Å²) in [4.78, 5) is 0. The average molecular weight is 210 g/mol. The molecule has 0 aliphatic carbocycles. The molecule has 0 N–H and O–H groups in total. The van der Waals surface area contributed by atoms with E-state index in [0.29, 0.717) is 13.2 Å². The lowest BCUT2D eigenvalue weighted by atomic mass is 10.1. The molecule has 1 aromatic carbocycles.